The molecule has 2 aliphatic heterocycles. The number of carbonyl (C=O) groups excluding carboxylic acids is 2. The van der Waals surface area contributed by atoms with Crippen LogP contribution in [0.25, 0.3) is 0 Å². The molecule has 0 saturated carbocycles. The topological polar surface area (TPSA) is 146 Å². The number of benzene rings is 1. The minimum atomic E-state index is -0.923. The first-order valence-corrected chi connectivity index (χ1v) is 10.2. The molecule has 33 heavy (non-hydrogen) atoms. The van der Waals surface area contributed by atoms with Crippen LogP contribution in [0.5, 0.6) is 0 Å². The minimum absolute atomic E-state index is 0.0765. The molecule has 5 rings (SSSR count). The van der Waals surface area contributed by atoms with Gasteiger partial charge in [0.1, 0.15) is 11.2 Å². The number of carbonyl (C=O) groups is 3. The maximum absolute atomic E-state index is 13.5. The molecule has 1 fully saturated rings. The zero-order valence-electron chi connectivity index (χ0n) is 17.8. The SMILES string of the molecule is Cc1onc(C(=O)N2CCC3(C(=O)Nc4ccccc43)C2c2cccnc2)c1CO.O=CO. The van der Waals surface area contributed by atoms with E-state index in [0.29, 0.717) is 24.3 Å². The minimum Gasteiger partial charge on any atom is -0.483 e. The second-order valence-corrected chi connectivity index (χ2v) is 7.74. The van der Waals surface area contributed by atoms with Crippen LogP contribution in [-0.2, 0) is 21.6 Å². The number of aryl methyl sites for hydroxylation is 1. The maximum atomic E-state index is 13.5. The summed E-state index contributed by atoms with van der Waals surface area (Å²) in [6, 6.07) is 10.7. The molecule has 2 unspecified atom stereocenters. The van der Waals surface area contributed by atoms with Crippen LogP contribution in [0.4, 0.5) is 5.69 Å². The van der Waals surface area contributed by atoms with Crippen LogP contribution in [0.15, 0.2) is 53.3 Å². The third-order valence-electron chi connectivity index (χ3n) is 6.19. The molecule has 1 aromatic carbocycles. The van der Waals surface area contributed by atoms with E-state index < -0.39 is 11.5 Å². The van der Waals surface area contributed by atoms with E-state index in [1.54, 1.807) is 30.3 Å². The molecule has 10 heteroatoms. The van der Waals surface area contributed by atoms with Crippen molar-refractivity contribution in [1.29, 1.82) is 0 Å². The number of amides is 2. The van der Waals surface area contributed by atoms with E-state index in [1.807, 2.05) is 30.3 Å². The number of fused-ring (bicyclic) bond motifs is 2. The van der Waals surface area contributed by atoms with Crippen molar-refractivity contribution in [3.63, 3.8) is 0 Å². The zero-order chi connectivity index (χ0) is 23.6. The fourth-order valence-electron chi connectivity index (χ4n) is 4.79. The summed E-state index contributed by atoms with van der Waals surface area (Å²) >= 11 is 0. The molecule has 2 amide bonds. The summed E-state index contributed by atoms with van der Waals surface area (Å²) < 4.78 is 5.15. The van der Waals surface area contributed by atoms with E-state index in [9.17, 15) is 14.7 Å². The van der Waals surface area contributed by atoms with Gasteiger partial charge in [0.25, 0.3) is 12.4 Å². The van der Waals surface area contributed by atoms with Gasteiger partial charge >= 0.3 is 0 Å². The largest absolute Gasteiger partial charge is 0.483 e. The van der Waals surface area contributed by atoms with E-state index in [-0.39, 0.29) is 30.6 Å². The molecule has 0 radical (unpaired) electrons. The number of anilines is 1. The number of likely N-dealkylation sites (tertiary alicyclic amines) is 1. The van der Waals surface area contributed by atoms with Crippen molar-refractivity contribution in [3.8, 4) is 0 Å². The Kier molecular flexibility index (Phi) is 5.93. The Morgan fingerprint density at radius 3 is 2.79 bits per heavy atom. The average Bonchev–Trinajstić information content (AvgIpc) is 3.49. The van der Waals surface area contributed by atoms with Crippen LogP contribution in [0.2, 0.25) is 0 Å². The highest BCUT2D eigenvalue weighted by molar-refractivity contribution is 6.08. The highest BCUT2D eigenvalue weighted by Gasteiger charge is 2.59. The van der Waals surface area contributed by atoms with Gasteiger partial charge in [-0.3, -0.25) is 19.4 Å². The van der Waals surface area contributed by atoms with Crippen molar-refractivity contribution in [2.75, 3.05) is 11.9 Å². The molecule has 3 aromatic rings. The smallest absolute Gasteiger partial charge is 0.290 e. The predicted octanol–water partition coefficient (Wildman–Crippen LogP) is 2.05. The summed E-state index contributed by atoms with van der Waals surface area (Å²) in [5.41, 5.74) is 1.92. The molecule has 0 bridgehead atoms. The summed E-state index contributed by atoms with van der Waals surface area (Å²) in [7, 11) is 0. The first kappa shape index (κ1) is 22.2. The number of aromatic nitrogens is 2. The summed E-state index contributed by atoms with van der Waals surface area (Å²) in [5.74, 6) is -0.109. The Balaban J connectivity index is 0.000000821. The molecule has 170 valence electrons. The molecule has 1 saturated heterocycles. The van der Waals surface area contributed by atoms with Gasteiger partial charge in [0.15, 0.2) is 5.69 Å². The molecular weight excluding hydrogens is 428 g/mol. The van der Waals surface area contributed by atoms with Crippen molar-refractivity contribution >= 4 is 24.0 Å². The summed E-state index contributed by atoms with van der Waals surface area (Å²) in [6.07, 6.45) is 3.81. The molecular formula is C23H22N4O6. The van der Waals surface area contributed by atoms with Crippen LogP contribution < -0.4 is 5.32 Å². The van der Waals surface area contributed by atoms with E-state index >= 15 is 0 Å². The van der Waals surface area contributed by atoms with Gasteiger partial charge in [0.2, 0.25) is 5.91 Å². The second-order valence-electron chi connectivity index (χ2n) is 7.74. The normalized spacial score (nSPS) is 20.7. The molecule has 4 heterocycles. The van der Waals surface area contributed by atoms with Crippen LogP contribution in [0.3, 0.4) is 0 Å². The number of pyridine rings is 1. The lowest BCUT2D eigenvalue weighted by atomic mass is 9.73. The van der Waals surface area contributed by atoms with Gasteiger partial charge in [-0.2, -0.15) is 0 Å². The number of rotatable bonds is 3. The van der Waals surface area contributed by atoms with Crippen LogP contribution in [0, 0.1) is 6.92 Å². The number of para-hydroxylation sites is 1. The van der Waals surface area contributed by atoms with Crippen molar-refractivity contribution in [3.05, 3.63) is 76.9 Å². The van der Waals surface area contributed by atoms with Crippen molar-refractivity contribution in [2.24, 2.45) is 0 Å². The summed E-state index contributed by atoms with van der Waals surface area (Å²) in [6.45, 7) is 1.41. The van der Waals surface area contributed by atoms with Gasteiger partial charge < -0.3 is 25.0 Å². The number of aliphatic hydroxyl groups excluding tert-OH is 1. The molecule has 2 atom stereocenters. The molecule has 2 aromatic heterocycles. The number of carboxylic acid groups (broad SMARTS) is 1. The van der Waals surface area contributed by atoms with E-state index in [4.69, 9.17) is 14.4 Å². The van der Waals surface area contributed by atoms with E-state index in [1.165, 1.54) is 0 Å². The Morgan fingerprint density at radius 2 is 2.09 bits per heavy atom. The Morgan fingerprint density at radius 1 is 1.33 bits per heavy atom. The lowest BCUT2D eigenvalue weighted by Crippen LogP contribution is -2.43. The van der Waals surface area contributed by atoms with Gasteiger partial charge in [-0.05, 0) is 36.6 Å². The first-order valence-electron chi connectivity index (χ1n) is 10.2. The Hall–Kier alpha value is -4.05. The third kappa shape index (κ3) is 3.44. The summed E-state index contributed by atoms with van der Waals surface area (Å²) in [4.78, 5) is 41.1. The zero-order valence-corrected chi connectivity index (χ0v) is 17.8. The average molecular weight is 450 g/mol. The summed E-state index contributed by atoms with van der Waals surface area (Å²) in [5, 5.41) is 23.5. The second kappa shape index (κ2) is 8.83. The lowest BCUT2D eigenvalue weighted by molar-refractivity contribution is -0.123. The number of hydrogen-bond acceptors (Lipinski definition) is 7. The van der Waals surface area contributed by atoms with Gasteiger partial charge in [-0.25, -0.2) is 0 Å². The van der Waals surface area contributed by atoms with Crippen LogP contribution in [0.1, 0.15) is 45.4 Å². The van der Waals surface area contributed by atoms with Crippen LogP contribution >= 0.6 is 0 Å². The fraction of sp³-hybridized carbons (Fsp3) is 0.261. The Bertz CT molecular complexity index is 1190. The molecule has 1 spiro atoms. The van der Waals surface area contributed by atoms with Crippen molar-refractivity contribution in [2.45, 2.75) is 31.4 Å². The monoisotopic (exact) mass is 450 g/mol. The van der Waals surface area contributed by atoms with Gasteiger partial charge in [0.05, 0.1) is 18.2 Å². The van der Waals surface area contributed by atoms with Gasteiger partial charge in [-0.15, -0.1) is 0 Å². The van der Waals surface area contributed by atoms with Gasteiger partial charge in [-0.1, -0.05) is 29.4 Å². The fourth-order valence-corrected chi connectivity index (χ4v) is 4.79. The Labute approximate surface area is 188 Å². The number of hydrogen-bond donors (Lipinski definition) is 3. The van der Waals surface area contributed by atoms with Crippen LogP contribution in [-0.4, -0.2) is 50.1 Å². The van der Waals surface area contributed by atoms with Gasteiger partial charge in [0, 0.05) is 24.6 Å². The number of nitrogens with one attached hydrogen (secondary N) is 1. The van der Waals surface area contributed by atoms with E-state index in [0.717, 1.165) is 16.8 Å². The van der Waals surface area contributed by atoms with E-state index in [2.05, 4.69) is 15.5 Å². The molecule has 10 nitrogen and oxygen atoms in total. The third-order valence-corrected chi connectivity index (χ3v) is 6.19. The lowest BCUT2D eigenvalue weighted by Gasteiger charge is -2.34. The highest BCUT2D eigenvalue weighted by atomic mass is 16.5. The number of nitrogens with zero attached hydrogens (tertiary/aromatic N) is 3. The quantitative estimate of drug-likeness (QED) is 0.514. The molecule has 3 N–H and O–H groups in total. The number of aliphatic hydroxyl groups is 1. The van der Waals surface area contributed by atoms with Crippen molar-refractivity contribution < 1.29 is 29.1 Å². The maximum Gasteiger partial charge on any atom is 0.290 e. The molecule has 0 aliphatic carbocycles. The predicted molar refractivity (Wildman–Crippen MR) is 115 cm³/mol. The first-order chi connectivity index (χ1) is 16.0. The standard InChI is InChI=1S/C22H20N4O4.CH2O2/c1-13-15(12-27)18(25-30-13)20(28)26-10-8-22(19(26)14-5-4-9-23-11-14)16-6-2-3-7-17(16)24-21(22)29;2-1-3/h2-7,9,11,19,27H,8,10,12H2,1H3,(H,24,29);1H,(H,2,3). The van der Waals surface area contributed by atoms with Crippen molar-refractivity contribution in [1.82, 2.24) is 15.0 Å². The highest BCUT2D eigenvalue weighted by Crippen LogP contribution is 2.54. The molecule has 2 aliphatic rings.